The van der Waals surface area contributed by atoms with Crippen molar-refractivity contribution >= 4 is 17.7 Å². The topological polar surface area (TPSA) is 29.5 Å². The maximum atomic E-state index is 13.4. The molecule has 112 valence electrons. The fourth-order valence-corrected chi connectivity index (χ4v) is 5.46. The van der Waals surface area contributed by atoms with E-state index >= 15 is 0 Å². The molecule has 4 heteroatoms. The monoisotopic (exact) mass is 303 g/mol. The third kappa shape index (κ3) is 2.20. The van der Waals surface area contributed by atoms with Crippen LogP contribution in [0.1, 0.15) is 24.8 Å². The molecule has 3 aliphatic rings. The third-order valence-corrected chi connectivity index (χ3v) is 6.63. The fourth-order valence-electron chi connectivity index (χ4n) is 4.03. The van der Waals surface area contributed by atoms with Crippen LogP contribution in [-0.4, -0.2) is 47.6 Å². The quantitative estimate of drug-likeness (QED) is 0.840. The Bertz CT molecular complexity index is 527. The lowest BCUT2D eigenvalue weighted by Crippen LogP contribution is -2.52. The summed E-state index contributed by atoms with van der Waals surface area (Å²) in [6.07, 6.45) is 2.82. The summed E-state index contributed by atoms with van der Waals surface area (Å²) in [6.45, 7) is 2.33. The number of ether oxygens (including phenoxy) is 1. The molecular weight excluding hydrogens is 282 g/mol. The van der Waals surface area contributed by atoms with Gasteiger partial charge in [-0.1, -0.05) is 30.3 Å². The number of thioether (sulfide) groups is 1. The Balaban J connectivity index is 1.68. The van der Waals surface area contributed by atoms with Crippen LogP contribution in [-0.2, 0) is 14.9 Å². The van der Waals surface area contributed by atoms with E-state index in [-0.39, 0.29) is 5.41 Å². The molecular formula is C17H21NO2S. The van der Waals surface area contributed by atoms with E-state index in [4.69, 9.17) is 4.74 Å². The van der Waals surface area contributed by atoms with Crippen molar-refractivity contribution in [3.63, 3.8) is 0 Å². The van der Waals surface area contributed by atoms with Crippen LogP contribution in [0.4, 0.5) is 0 Å². The normalized spacial score (nSPS) is 30.6. The Morgan fingerprint density at radius 3 is 2.62 bits per heavy atom. The van der Waals surface area contributed by atoms with Gasteiger partial charge >= 0.3 is 0 Å². The average molecular weight is 303 g/mol. The smallest absolute Gasteiger partial charge is 0.233 e. The van der Waals surface area contributed by atoms with Gasteiger partial charge in [-0.25, -0.2) is 0 Å². The molecule has 21 heavy (non-hydrogen) atoms. The van der Waals surface area contributed by atoms with E-state index in [0.717, 1.165) is 25.1 Å². The fraction of sp³-hybridized carbons (Fsp3) is 0.588. The standard InChI is InChI=1S/C17H21NO2S/c19-16(18-11-15-10-14(18)12-21-15)17(6-8-20-9-7-17)13-4-2-1-3-5-13/h1-5,14-15H,6-12H2/t14-,15+/m0/s1. The van der Waals surface area contributed by atoms with E-state index in [1.165, 1.54) is 12.0 Å². The van der Waals surface area contributed by atoms with Crippen LogP contribution in [0.3, 0.4) is 0 Å². The largest absolute Gasteiger partial charge is 0.381 e. The number of amides is 1. The molecule has 0 aromatic heterocycles. The summed E-state index contributed by atoms with van der Waals surface area (Å²) in [5.74, 6) is 1.47. The maximum absolute atomic E-state index is 13.4. The lowest BCUT2D eigenvalue weighted by atomic mass is 9.73. The van der Waals surface area contributed by atoms with Crippen molar-refractivity contribution in [3.05, 3.63) is 35.9 Å². The Morgan fingerprint density at radius 1 is 1.24 bits per heavy atom. The second-order valence-electron chi connectivity index (χ2n) is 6.36. The Morgan fingerprint density at radius 2 is 2.00 bits per heavy atom. The molecule has 3 fully saturated rings. The molecule has 0 spiro atoms. The second-order valence-corrected chi connectivity index (χ2v) is 7.70. The molecule has 0 unspecified atom stereocenters. The number of rotatable bonds is 2. The highest BCUT2D eigenvalue weighted by molar-refractivity contribution is 8.00. The van der Waals surface area contributed by atoms with E-state index < -0.39 is 0 Å². The van der Waals surface area contributed by atoms with Gasteiger partial charge in [-0.05, 0) is 24.8 Å². The van der Waals surface area contributed by atoms with Crippen molar-refractivity contribution in [3.8, 4) is 0 Å². The predicted octanol–water partition coefficient (Wildman–Crippen LogP) is 2.45. The van der Waals surface area contributed by atoms with Crippen LogP contribution in [0.25, 0.3) is 0 Å². The predicted molar refractivity (Wildman–Crippen MR) is 84.5 cm³/mol. The zero-order valence-corrected chi connectivity index (χ0v) is 13.0. The van der Waals surface area contributed by atoms with Gasteiger partial charge in [0.2, 0.25) is 5.91 Å². The van der Waals surface area contributed by atoms with Gasteiger partial charge in [0.05, 0.1) is 5.41 Å². The van der Waals surface area contributed by atoms with Gasteiger partial charge in [-0.15, -0.1) is 0 Å². The highest BCUT2D eigenvalue weighted by Crippen LogP contribution is 2.43. The van der Waals surface area contributed by atoms with Crippen LogP contribution in [0.15, 0.2) is 30.3 Å². The Hall–Kier alpha value is -1.00. The first kappa shape index (κ1) is 13.6. The summed E-state index contributed by atoms with van der Waals surface area (Å²) in [5.41, 5.74) is 0.822. The third-order valence-electron chi connectivity index (χ3n) is 5.24. The van der Waals surface area contributed by atoms with Crippen LogP contribution in [0.5, 0.6) is 0 Å². The molecule has 4 rings (SSSR count). The molecule has 0 saturated carbocycles. The van der Waals surface area contributed by atoms with Gasteiger partial charge in [0, 0.05) is 36.8 Å². The summed E-state index contributed by atoms with van der Waals surface area (Å²) < 4.78 is 5.55. The van der Waals surface area contributed by atoms with Crippen molar-refractivity contribution in [2.24, 2.45) is 0 Å². The van der Waals surface area contributed by atoms with Crippen LogP contribution < -0.4 is 0 Å². The molecule has 3 heterocycles. The highest BCUT2D eigenvalue weighted by atomic mass is 32.2. The highest BCUT2D eigenvalue weighted by Gasteiger charge is 2.49. The van der Waals surface area contributed by atoms with E-state index in [0.29, 0.717) is 30.4 Å². The molecule has 1 amide bonds. The van der Waals surface area contributed by atoms with E-state index in [2.05, 4.69) is 17.0 Å². The van der Waals surface area contributed by atoms with Crippen molar-refractivity contribution < 1.29 is 9.53 Å². The minimum Gasteiger partial charge on any atom is -0.381 e. The maximum Gasteiger partial charge on any atom is 0.233 e. The number of carbonyl (C=O) groups is 1. The van der Waals surface area contributed by atoms with Gasteiger partial charge in [-0.3, -0.25) is 4.79 Å². The zero-order valence-electron chi connectivity index (χ0n) is 12.2. The zero-order chi connectivity index (χ0) is 14.3. The van der Waals surface area contributed by atoms with Gasteiger partial charge in [0.25, 0.3) is 0 Å². The minimum absolute atomic E-state index is 0.352. The molecule has 0 radical (unpaired) electrons. The summed E-state index contributed by atoms with van der Waals surface area (Å²) in [7, 11) is 0. The lowest BCUT2D eigenvalue weighted by molar-refractivity contribution is -0.142. The van der Waals surface area contributed by atoms with Gasteiger partial charge < -0.3 is 9.64 Å². The first-order chi connectivity index (χ1) is 10.3. The number of benzene rings is 1. The van der Waals surface area contributed by atoms with Crippen molar-refractivity contribution in [1.82, 2.24) is 4.90 Å². The molecule has 2 bridgehead atoms. The van der Waals surface area contributed by atoms with E-state index in [9.17, 15) is 4.79 Å². The number of hydrogen-bond acceptors (Lipinski definition) is 3. The first-order valence-corrected chi connectivity index (χ1v) is 8.90. The molecule has 1 aromatic carbocycles. The number of hydrogen-bond donors (Lipinski definition) is 0. The second kappa shape index (κ2) is 5.33. The van der Waals surface area contributed by atoms with Gasteiger partial charge in [0.15, 0.2) is 0 Å². The van der Waals surface area contributed by atoms with Crippen LogP contribution in [0.2, 0.25) is 0 Å². The number of nitrogens with zero attached hydrogens (tertiary/aromatic N) is 1. The Labute approximate surface area is 130 Å². The van der Waals surface area contributed by atoms with E-state index in [1.807, 2.05) is 30.0 Å². The van der Waals surface area contributed by atoms with Crippen LogP contribution in [0, 0.1) is 0 Å². The van der Waals surface area contributed by atoms with Crippen molar-refractivity contribution in [1.29, 1.82) is 0 Å². The molecule has 0 N–H and O–H groups in total. The minimum atomic E-state index is -0.353. The molecule has 3 aliphatic heterocycles. The molecule has 1 aromatic rings. The van der Waals surface area contributed by atoms with Crippen molar-refractivity contribution in [2.75, 3.05) is 25.5 Å². The first-order valence-electron chi connectivity index (χ1n) is 7.85. The Kier molecular flexibility index (Phi) is 3.46. The number of carbonyl (C=O) groups excluding carboxylic acids is 1. The van der Waals surface area contributed by atoms with Crippen LogP contribution >= 0.6 is 11.8 Å². The summed E-state index contributed by atoms with van der Waals surface area (Å²) >= 11 is 2.04. The summed E-state index contributed by atoms with van der Waals surface area (Å²) in [6, 6.07) is 10.8. The summed E-state index contributed by atoms with van der Waals surface area (Å²) in [5, 5.41) is 0.673. The molecule has 2 atom stereocenters. The van der Waals surface area contributed by atoms with Gasteiger partial charge in [0.1, 0.15) is 0 Å². The SMILES string of the molecule is O=C(N1C[C@H]2C[C@H]1CS2)C1(c2ccccc2)CCOCC1. The summed E-state index contributed by atoms with van der Waals surface area (Å²) in [4.78, 5) is 15.6. The lowest BCUT2D eigenvalue weighted by Gasteiger charge is -2.41. The van der Waals surface area contributed by atoms with E-state index in [1.54, 1.807) is 0 Å². The number of likely N-dealkylation sites (tertiary alicyclic amines) is 1. The number of fused-ring (bicyclic) bond motifs is 2. The molecule has 0 aliphatic carbocycles. The average Bonchev–Trinajstić information content (AvgIpc) is 3.19. The van der Waals surface area contributed by atoms with Gasteiger partial charge in [-0.2, -0.15) is 11.8 Å². The molecule has 3 nitrogen and oxygen atoms in total. The van der Waals surface area contributed by atoms with Crippen molar-refractivity contribution in [2.45, 2.75) is 36.0 Å². The molecule has 3 saturated heterocycles.